The predicted octanol–water partition coefficient (Wildman–Crippen LogP) is 3.29. The number of carboxylic acids is 1. The van der Waals surface area contributed by atoms with E-state index in [-0.39, 0.29) is 12.5 Å². The van der Waals surface area contributed by atoms with Crippen molar-refractivity contribution in [2.24, 2.45) is 5.92 Å². The van der Waals surface area contributed by atoms with Gasteiger partial charge in [-0.15, -0.1) is 11.3 Å². The largest absolute Gasteiger partial charge is 0.481 e. The summed E-state index contributed by atoms with van der Waals surface area (Å²) < 4.78 is 0. The topological polar surface area (TPSA) is 49.3 Å². The van der Waals surface area contributed by atoms with Crippen LogP contribution in [0.15, 0.2) is 17.5 Å². The van der Waals surface area contributed by atoms with Crippen molar-refractivity contribution in [3.05, 3.63) is 22.4 Å². The van der Waals surface area contributed by atoms with Crippen molar-refractivity contribution >= 4 is 17.3 Å². The van der Waals surface area contributed by atoms with Crippen LogP contribution in [0.2, 0.25) is 0 Å². The third-order valence-electron chi connectivity index (χ3n) is 2.77. The van der Waals surface area contributed by atoms with Gasteiger partial charge in [-0.2, -0.15) is 0 Å². The highest BCUT2D eigenvalue weighted by Crippen LogP contribution is 2.26. The third kappa shape index (κ3) is 4.88. The monoisotopic (exact) mass is 255 g/mol. The van der Waals surface area contributed by atoms with Crippen LogP contribution in [0.4, 0.5) is 0 Å². The maximum absolute atomic E-state index is 10.5. The molecule has 3 nitrogen and oxygen atoms in total. The van der Waals surface area contributed by atoms with E-state index in [0.29, 0.717) is 18.4 Å². The zero-order valence-electron chi connectivity index (χ0n) is 10.6. The minimum Gasteiger partial charge on any atom is -0.481 e. The lowest BCUT2D eigenvalue weighted by Gasteiger charge is -2.25. The number of nitrogens with one attached hydrogen (secondary N) is 1. The first-order valence-electron chi connectivity index (χ1n) is 6.02. The van der Waals surface area contributed by atoms with Gasteiger partial charge in [-0.25, -0.2) is 0 Å². The molecule has 4 heteroatoms. The Labute approximate surface area is 107 Å². The molecule has 2 unspecified atom stereocenters. The Balaban J connectivity index is 2.53. The summed E-state index contributed by atoms with van der Waals surface area (Å²) >= 11 is 1.75. The van der Waals surface area contributed by atoms with E-state index in [1.54, 1.807) is 11.3 Å². The lowest BCUT2D eigenvalue weighted by atomic mass is 10.0. The fourth-order valence-electron chi connectivity index (χ4n) is 1.80. The van der Waals surface area contributed by atoms with Gasteiger partial charge in [0.25, 0.3) is 0 Å². The molecule has 2 atom stereocenters. The first kappa shape index (κ1) is 14.2. The number of hydrogen-bond acceptors (Lipinski definition) is 3. The summed E-state index contributed by atoms with van der Waals surface area (Å²) in [4.78, 5) is 11.8. The third-order valence-corrected chi connectivity index (χ3v) is 3.73. The van der Waals surface area contributed by atoms with Crippen molar-refractivity contribution in [2.45, 2.75) is 45.7 Å². The Hall–Kier alpha value is -0.870. The molecule has 0 radical (unpaired) electrons. The van der Waals surface area contributed by atoms with Gasteiger partial charge in [-0.3, -0.25) is 4.79 Å². The van der Waals surface area contributed by atoms with Crippen LogP contribution in [0.25, 0.3) is 0 Å². The van der Waals surface area contributed by atoms with Crippen LogP contribution in [-0.4, -0.2) is 17.1 Å². The Morgan fingerprint density at radius 2 is 2.18 bits per heavy atom. The van der Waals surface area contributed by atoms with Crippen molar-refractivity contribution in [1.82, 2.24) is 5.32 Å². The quantitative estimate of drug-likeness (QED) is 0.786. The van der Waals surface area contributed by atoms with Crippen LogP contribution in [0.5, 0.6) is 0 Å². The molecule has 17 heavy (non-hydrogen) atoms. The number of carboxylic acid groups (broad SMARTS) is 1. The van der Waals surface area contributed by atoms with E-state index in [9.17, 15) is 4.79 Å². The summed E-state index contributed by atoms with van der Waals surface area (Å²) in [6, 6.07) is 4.73. The molecule has 0 spiro atoms. The molecule has 0 aromatic carbocycles. The molecule has 0 amide bonds. The molecule has 0 saturated carbocycles. The fraction of sp³-hybridized carbons (Fsp3) is 0.615. The van der Waals surface area contributed by atoms with Gasteiger partial charge < -0.3 is 10.4 Å². The molecule has 0 fully saturated rings. The average molecular weight is 255 g/mol. The number of thiophene rings is 1. The summed E-state index contributed by atoms with van der Waals surface area (Å²) in [6.45, 7) is 6.41. The highest BCUT2D eigenvalue weighted by Gasteiger charge is 2.18. The van der Waals surface area contributed by atoms with Crippen LogP contribution in [0.3, 0.4) is 0 Å². The Morgan fingerprint density at radius 3 is 2.65 bits per heavy atom. The van der Waals surface area contributed by atoms with Crippen molar-refractivity contribution in [1.29, 1.82) is 0 Å². The van der Waals surface area contributed by atoms with Crippen LogP contribution >= 0.6 is 11.3 Å². The molecule has 1 heterocycles. The molecule has 2 N–H and O–H groups in total. The van der Waals surface area contributed by atoms with Gasteiger partial charge in [-0.05, 0) is 30.7 Å². The average Bonchev–Trinajstić information content (AvgIpc) is 2.75. The minimum atomic E-state index is -0.726. The molecule has 1 aromatic rings. The lowest BCUT2D eigenvalue weighted by Crippen LogP contribution is -2.33. The van der Waals surface area contributed by atoms with Gasteiger partial charge in [0, 0.05) is 23.4 Å². The minimum absolute atomic E-state index is 0.223. The second kappa shape index (κ2) is 6.77. The highest BCUT2D eigenvalue weighted by molar-refractivity contribution is 7.10. The summed E-state index contributed by atoms with van der Waals surface area (Å²) in [5.41, 5.74) is 0. The van der Waals surface area contributed by atoms with E-state index in [1.165, 1.54) is 4.88 Å². The number of rotatable bonds is 7. The highest BCUT2D eigenvalue weighted by atomic mass is 32.1. The van der Waals surface area contributed by atoms with Gasteiger partial charge >= 0.3 is 5.97 Å². The van der Waals surface area contributed by atoms with E-state index in [1.807, 2.05) is 6.92 Å². The maximum Gasteiger partial charge on any atom is 0.303 e. The van der Waals surface area contributed by atoms with Gasteiger partial charge in [0.05, 0.1) is 0 Å². The van der Waals surface area contributed by atoms with E-state index in [4.69, 9.17) is 5.11 Å². The summed E-state index contributed by atoms with van der Waals surface area (Å²) in [7, 11) is 0. The Morgan fingerprint density at radius 1 is 1.47 bits per heavy atom. The zero-order chi connectivity index (χ0) is 12.8. The second-order valence-corrected chi connectivity index (χ2v) is 5.72. The predicted molar refractivity (Wildman–Crippen MR) is 71.4 cm³/mol. The van der Waals surface area contributed by atoms with Gasteiger partial charge in [0.15, 0.2) is 0 Å². The number of carbonyl (C=O) groups is 1. The SMILES string of the molecule is CC(CCC(=O)O)NC(c1cccs1)C(C)C. The van der Waals surface area contributed by atoms with Crippen molar-refractivity contribution in [2.75, 3.05) is 0 Å². The molecule has 0 aliphatic carbocycles. The fourth-order valence-corrected chi connectivity index (χ4v) is 2.76. The van der Waals surface area contributed by atoms with Gasteiger partial charge in [0.1, 0.15) is 0 Å². The Bertz CT molecular complexity index is 335. The van der Waals surface area contributed by atoms with Crippen molar-refractivity contribution in [3.63, 3.8) is 0 Å². The lowest BCUT2D eigenvalue weighted by molar-refractivity contribution is -0.137. The number of hydrogen-bond donors (Lipinski definition) is 2. The molecular weight excluding hydrogens is 234 g/mol. The number of aliphatic carboxylic acids is 1. The second-order valence-electron chi connectivity index (χ2n) is 4.74. The molecule has 1 rings (SSSR count). The first-order chi connectivity index (χ1) is 8.00. The van der Waals surface area contributed by atoms with E-state index in [2.05, 4.69) is 36.7 Å². The van der Waals surface area contributed by atoms with E-state index in [0.717, 1.165) is 0 Å². The summed E-state index contributed by atoms with van der Waals surface area (Å²) in [5, 5.41) is 14.3. The van der Waals surface area contributed by atoms with Crippen molar-refractivity contribution in [3.8, 4) is 0 Å². The van der Waals surface area contributed by atoms with Crippen LogP contribution in [0, 0.1) is 5.92 Å². The molecular formula is C13H21NO2S. The summed E-state index contributed by atoms with van der Waals surface area (Å²) in [6.07, 6.45) is 0.896. The normalized spacial score (nSPS) is 14.8. The van der Waals surface area contributed by atoms with E-state index >= 15 is 0 Å². The van der Waals surface area contributed by atoms with Crippen LogP contribution in [-0.2, 0) is 4.79 Å². The first-order valence-corrected chi connectivity index (χ1v) is 6.90. The Kier molecular flexibility index (Phi) is 5.65. The molecule has 0 saturated heterocycles. The summed E-state index contributed by atoms with van der Waals surface area (Å²) in [5.74, 6) is -0.225. The zero-order valence-corrected chi connectivity index (χ0v) is 11.5. The van der Waals surface area contributed by atoms with Gasteiger partial charge in [0.2, 0.25) is 0 Å². The molecule has 0 bridgehead atoms. The maximum atomic E-state index is 10.5. The molecule has 0 aliphatic heterocycles. The molecule has 1 aromatic heterocycles. The smallest absolute Gasteiger partial charge is 0.303 e. The molecule has 96 valence electrons. The van der Waals surface area contributed by atoms with Crippen molar-refractivity contribution < 1.29 is 9.90 Å². The van der Waals surface area contributed by atoms with Crippen LogP contribution in [0.1, 0.15) is 44.5 Å². The van der Waals surface area contributed by atoms with Gasteiger partial charge in [-0.1, -0.05) is 19.9 Å². The van der Waals surface area contributed by atoms with E-state index < -0.39 is 5.97 Å². The standard InChI is InChI=1S/C13H21NO2S/c1-9(2)13(11-5-4-8-17-11)14-10(3)6-7-12(15)16/h4-5,8-10,13-14H,6-7H2,1-3H3,(H,15,16). The van der Waals surface area contributed by atoms with Crippen LogP contribution < -0.4 is 5.32 Å². The molecule has 0 aliphatic rings.